The Labute approximate surface area is 162 Å². The third-order valence-electron chi connectivity index (χ3n) is 4.97. The van der Waals surface area contributed by atoms with Crippen molar-refractivity contribution in [2.24, 2.45) is 4.99 Å². The lowest BCUT2D eigenvalue weighted by Gasteiger charge is -2.35. The third-order valence-corrected chi connectivity index (χ3v) is 4.97. The minimum atomic E-state index is 0.0688. The lowest BCUT2D eigenvalue weighted by Crippen LogP contribution is -2.48. The topological polar surface area (TPSA) is 46.1 Å². The van der Waals surface area contributed by atoms with E-state index in [0.29, 0.717) is 13.2 Å². The molecule has 2 aromatic rings. The van der Waals surface area contributed by atoms with Gasteiger partial charge in [0.05, 0.1) is 19.8 Å². The summed E-state index contributed by atoms with van der Waals surface area (Å²) in [4.78, 5) is 6.77. The van der Waals surface area contributed by atoms with E-state index in [1.165, 1.54) is 22.3 Å². The van der Waals surface area contributed by atoms with Gasteiger partial charge in [-0.1, -0.05) is 48.5 Å². The fourth-order valence-electron chi connectivity index (χ4n) is 3.51. The molecule has 1 aliphatic rings. The van der Waals surface area contributed by atoms with Gasteiger partial charge in [0.1, 0.15) is 6.10 Å². The molecule has 144 valence electrons. The van der Waals surface area contributed by atoms with E-state index in [2.05, 4.69) is 64.6 Å². The number of aliphatic imine (C=N–C) groups is 1. The van der Waals surface area contributed by atoms with Crippen molar-refractivity contribution in [2.75, 3.05) is 33.9 Å². The Bertz CT molecular complexity index is 776. The van der Waals surface area contributed by atoms with Crippen LogP contribution in [0.3, 0.4) is 0 Å². The van der Waals surface area contributed by atoms with Crippen LogP contribution in [0.4, 0.5) is 0 Å². The van der Waals surface area contributed by atoms with E-state index in [0.717, 1.165) is 25.6 Å². The Hall–Kier alpha value is -2.37. The number of ether oxygens (including phenoxy) is 2. The first-order valence-corrected chi connectivity index (χ1v) is 9.41. The van der Waals surface area contributed by atoms with E-state index in [1.54, 1.807) is 7.11 Å². The Kier molecular flexibility index (Phi) is 6.85. The Morgan fingerprint density at radius 3 is 2.67 bits per heavy atom. The lowest BCUT2D eigenvalue weighted by atomic mass is 10.0. The van der Waals surface area contributed by atoms with Gasteiger partial charge in [0.25, 0.3) is 0 Å². The molecular formula is C22H29N3O2. The second kappa shape index (κ2) is 9.53. The maximum absolute atomic E-state index is 6.04. The number of aryl methyl sites for hydroxylation is 1. The first kappa shape index (κ1) is 19.4. The highest BCUT2D eigenvalue weighted by molar-refractivity contribution is 5.80. The van der Waals surface area contributed by atoms with Gasteiger partial charge < -0.3 is 19.7 Å². The van der Waals surface area contributed by atoms with Crippen LogP contribution >= 0.6 is 0 Å². The van der Waals surface area contributed by atoms with Gasteiger partial charge in [-0.3, -0.25) is 4.99 Å². The molecule has 1 saturated heterocycles. The van der Waals surface area contributed by atoms with E-state index in [1.807, 2.05) is 13.1 Å². The predicted octanol–water partition coefficient (Wildman–Crippen LogP) is 3.29. The van der Waals surface area contributed by atoms with Crippen LogP contribution in [0.25, 0.3) is 0 Å². The number of nitrogens with zero attached hydrogens (tertiary/aromatic N) is 2. The molecule has 0 saturated carbocycles. The molecular weight excluding hydrogens is 338 g/mol. The van der Waals surface area contributed by atoms with Crippen molar-refractivity contribution in [1.82, 2.24) is 10.2 Å². The zero-order valence-corrected chi connectivity index (χ0v) is 16.4. The summed E-state index contributed by atoms with van der Waals surface area (Å²) in [5.41, 5.74) is 4.94. The summed E-state index contributed by atoms with van der Waals surface area (Å²) in [5, 5.41) is 3.51. The molecule has 1 unspecified atom stereocenters. The first-order chi connectivity index (χ1) is 13.2. The fourth-order valence-corrected chi connectivity index (χ4v) is 3.51. The molecule has 0 spiro atoms. The van der Waals surface area contributed by atoms with Crippen molar-refractivity contribution >= 4 is 5.96 Å². The van der Waals surface area contributed by atoms with Crippen LogP contribution in [-0.2, 0) is 22.6 Å². The van der Waals surface area contributed by atoms with Crippen LogP contribution in [0.2, 0.25) is 0 Å². The molecule has 27 heavy (non-hydrogen) atoms. The average Bonchev–Trinajstić information content (AvgIpc) is 2.70. The third kappa shape index (κ3) is 4.87. The maximum Gasteiger partial charge on any atom is 0.194 e. The highest BCUT2D eigenvalue weighted by atomic mass is 16.5. The van der Waals surface area contributed by atoms with Gasteiger partial charge in [-0.15, -0.1) is 0 Å². The molecule has 0 radical (unpaired) electrons. The summed E-state index contributed by atoms with van der Waals surface area (Å²) in [6.45, 7) is 5.80. The van der Waals surface area contributed by atoms with Crippen LogP contribution in [0.1, 0.15) is 28.4 Å². The molecule has 1 heterocycles. The zero-order valence-electron chi connectivity index (χ0n) is 16.4. The van der Waals surface area contributed by atoms with Gasteiger partial charge in [-0.25, -0.2) is 0 Å². The van der Waals surface area contributed by atoms with Gasteiger partial charge in [0.15, 0.2) is 5.96 Å². The Morgan fingerprint density at radius 1 is 1.19 bits per heavy atom. The normalized spacial score (nSPS) is 17.8. The second-order valence-electron chi connectivity index (χ2n) is 6.76. The minimum absolute atomic E-state index is 0.0688. The van der Waals surface area contributed by atoms with Crippen molar-refractivity contribution in [3.05, 3.63) is 70.8 Å². The van der Waals surface area contributed by atoms with E-state index in [-0.39, 0.29) is 6.10 Å². The van der Waals surface area contributed by atoms with Crippen LogP contribution in [-0.4, -0.2) is 44.7 Å². The van der Waals surface area contributed by atoms with Crippen LogP contribution in [0.15, 0.2) is 53.5 Å². The smallest absolute Gasteiger partial charge is 0.194 e. The molecule has 1 aliphatic heterocycles. The van der Waals surface area contributed by atoms with Gasteiger partial charge in [-0.05, 0) is 29.2 Å². The molecule has 5 nitrogen and oxygen atoms in total. The van der Waals surface area contributed by atoms with Crippen LogP contribution in [0, 0.1) is 6.92 Å². The van der Waals surface area contributed by atoms with Gasteiger partial charge in [0.2, 0.25) is 0 Å². The summed E-state index contributed by atoms with van der Waals surface area (Å²) in [7, 11) is 3.56. The quantitative estimate of drug-likeness (QED) is 0.651. The van der Waals surface area contributed by atoms with Gasteiger partial charge in [0, 0.05) is 27.2 Å². The second-order valence-corrected chi connectivity index (χ2v) is 6.76. The number of hydrogen-bond acceptors (Lipinski definition) is 3. The van der Waals surface area contributed by atoms with Crippen molar-refractivity contribution in [3.8, 4) is 0 Å². The van der Waals surface area contributed by atoms with Gasteiger partial charge in [-0.2, -0.15) is 0 Å². The predicted molar refractivity (Wildman–Crippen MR) is 109 cm³/mol. The lowest BCUT2D eigenvalue weighted by molar-refractivity contribution is -0.00834. The van der Waals surface area contributed by atoms with Crippen molar-refractivity contribution in [3.63, 3.8) is 0 Å². The van der Waals surface area contributed by atoms with E-state index >= 15 is 0 Å². The molecule has 2 aromatic carbocycles. The van der Waals surface area contributed by atoms with Crippen LogP contribution < -0.4 is 5.32 Å². The summed E-state index contributed by atoms with van der Waals surface area (Å²) >= 11 is 0. The van der Waals surface area contributed by atoms with Crippen molar-refractivity contribution in [2.45, 2.75) is 26.2 Å². The summed E-state index contributed by atoms with van der Waals surface area (Å²) in [6.07, 6.45) is 0.0688. The summed E-state index contributed by atoms with van der Waals surface area (Å²) in [6, 6.07) is 16.8. The SMILES string of the molecule is CN=C(NCc1ccccc1COC)N1CCOC(c2ccccc2C)C1. The fraction of sp³-hybridized carbons (Fsp3) is 0.409. The molecule has 0 aliphatic carbocycles. The number of rotatable bonds is 5. The molecule has 3 rings (SSSR count). The molecule has 5 heteroatoms. The number of nitrogens with one attached hydrogen (secondary N) is 1. The first-order valence-electron chi connectivity index (χ1n) is 9.41. The van der Waals surface area contributed by atoms with E-state index in [9.17, 15) is 0 Å². The Morgan fingerprint density at radius 2 is 1.93 bits per heavy atom. The average molecular weight is 367 g/mol. The highest BCUT2D eigenvalue weighted by Crippen LogP contribution is 2.25. The monoisotopic (exact) mass is 367 g/mol. The van der Waals surface area contributed by atoms with Crippen molar-refractivity contribution in [1.29, 1.82) is 0 Å². The van der Waals surface area contributed by atoms with Crippen LogP contribution in [0.5, 0.6) is 0 Å². The minimum Gasteiger partial charge on any atom is -0.380 e. The molecule has 0 bridgehead atoms. The summed E-state index contributed by atoms with van der Waals surface area (Å²) in [5.74, 6) is 0.907. The van der Waals surface area contributed by atoms with E-state index < -0.39 is 0 Å². The number of methoxy groups -OCH3 is 1. The summed E-state index contributed by atoms with van der Waals surface area (Å²) < 4.78 is 11.3. The molecule has 1 atom stereocenters. The molecule has 1 N–H and O–H groups in total. The standard InChI is InChI=1S/C22H29N3O2/c1-17-8-4-7-11-20(17)21-15-25(12-13-27-21)22(23-2)24-14-18-9-5-6-10-19(18)16-26-3/h4-11,21H,12-16H2,1-3H3,(H,23,24). The van der Waals surface area contributed by atoms with Gasteiger partial charge >= 0.3 is 0 Å². The largest absolute Gasteiger partial charge is 0.380 e. The number of benzene rings is 2. The van der Waals surface area contributed by atoms with E-state index in [4.69, 9.17) is 9.47 Å². The number of morpholine rings is 1. The molecule has 1 fully saturated rings. The van der Waals surface area contributed by atoms with Crippen molar-refractivity contribution < 1.29 is 9.47 Å². The number of guanidine groups is 1. The zero-order chi connectivity index (χ0) is 19.1. The molecule has 0 amide bonds. The highest BCUT2D eigenvalue weighted by Gasteiger charge is 2.25. The molecule has 0 aromatic heterocycles. The maximum atomic E-state index is 6.04. The Balaban J connectivity index is 1.66. The number of hydrogen-bond donors (Lipinski definition) is 1.